The second-order valence-corrected chi connectivity index (χ2v) is 7.67. The summed E-state index contributed by atoms with van der Waals surface area (Å²) in [6, 6.07) is 7.03. The normalized spacial score (nSPS) is 10.4. The number of rotatable bonds is 10. The van der Waals surface area contributed by atoms with Crippen molar-refractivity contribution in [2.75, 3.05) is 32.7 Å². The molecule has 0 saturated heterocycles. The summed E-state index contributed by atoms with van der Waals surface area (Å²) in [6.45, 7) is -0.396. The fraction of sp³-hybridized carbons (Fsp3) is 0.259. The van der Waals surface area contributed by atoms with E-state index in [9.17, 15) is 32.3 Å². The van der Waals surface area contributed by atoms with E-state index in [4.69, 9.17) is 27.1 Å². The highest BCUT2D eigenvalue weighted by molar-refractivity contribution is 6.08. The highest BCUT2D eigenvalue weighted by atomic mass is 19.4. The first-order chi connectivity index (χ1) is 18.5. The zero-order valence-electron chi connectivity index (χ0n) is 20.9. The smallest absolute Gasteiger partial charge is 0.416 e. The first-order valence-electron chi connectivity index (χ1n) is 11.1. The quantitative estimate of drug-likeness (QED) is 0.278. The number of terminal acetylenes is 2. The number of benzene rings is 2. The highest BCUT2D eigenvalue weighted by Crippen LogP contribution is 2.34. The molecule has 0 aliphatic carbocycles. The molecular formula is C27H23F3N2O7. The molecule has 2 rings (SSSR count). The van der Waals surface area contributed by atoms with Crippen LogP contribution in [0.1, 0.15) is 27.9 Å². The molecule has 0 atom stereocenters. The van der Waals surface area contributed by atoms with Gasteiger partial charge >= 0.3 is 18.1 Å². The number of hydrogen-bond acceptors (Lipinski definition) is 7. The van der Waals surface area contributed by atoms with Crippen molar-refractivity contribution >= 4 is 29.4 Å². The molecule has 0 fully saturated rings. The van der Waals surface area contributed by atoms with Crippen LogP contribution in [0.25, 0.3) is 0 Å². The van der Waals surface area contributed by atoms with Crippen molar-refractivity contribution in [1.29, 1.82) is 0 Å². The molecule has 204 valence electrons. The van der Waals surface area contributed by atoms with Gasteiger partial charge in [-0.1, -0.05) is 18.2 Å². The number of esters is 1. The van der Waals surface area contributed by atoms with Crippen LogP contribution < -0.4 is 14.8 Å². The third kappa shape index (κ3) is 8.01. The van der Waals surface area contributed by atoms with Crippen molar-refractivity contribution in [3.05, 3.63) is 53.1 Å². The molecule has 0 heterocycles. The minimum atomic E-state index is -4.69. The molecule has 12 heteroatoms. The number of anilines is 1. The average Bonchev–Trinajstić information content (AvgIpc) is 2.91. The molecule has 0 aromatic heterocycles. The molecule has 1 N–H and O–H groups in total. The fourth-order valence-corrected chi connectivity index (χ4v) is 3.40. The molecule has 2 aromatic rings. The van der Waals surface area contributed by atoms with Gasteiger partial charge in [0.2, 0.25) is 5.91 Å². The molecule has 2 aromatic carbocycles. The van der Waals surface area contributed by atoms with Crippen LogP contribution in [-0.2, 0) is 31.7 Å². The fourth-order valence-electron chi connectivity index (χ4n) is 3.40. The Labute approximate surface area is 222 Å². The topological polar surface area (TPSA) is 111 Å². The number of carbonyl (C=O) groups is 4. The molecule has 39 heavy (non-hydrogen) atoms. The number of nitrogens with one attached hydrogen (secondary N) is 1. The van der Waals surface area contributed by atoms with Crippen molar-refractivity contribution in [2.45, 2.75) is 19.0 Å². The Bertz CT molecular complexity index is 1340. The van der Waals surface area contributed by atoms with Crippen LogP contribution in [0.3, 0.4) is 0 Å². The average molecular weight is 544 g/mol. The SMILES string of the molecule is C#CC(=O)Nc1cc(OC)c(OCCCN(C(=O)C#C)C(=O)Cc2ccccc2C(F)(F)F)cc1C(=O)OC. The lowest BCUT2D eigenvalue weighted by molar-refractivity contribution is -0.141. The lowest BCUT2D eigenvalue weighted by Gasteiger charge is -2.20. The van der Waals surface area contributed by atoms with Gasteiger partial charge in [-0.3, -0.25) is 19.3 Å². The number of imide groups is 1. The molecule has 0 unspecified atom stereocenters. The number of methoxy groups -OCH3 is 2. The van der Waals surface area contributed by atoms with Gasteiger partial charge in [0.15, 0.2) is 11.5 Å². The van der Waals surface area contributed by atoms with Gasteiger partial charge in [0.1, 0.15) is 0 Å². The molecule has 0 aliphatic heterocycles. The molecule has 0 aliphatic rings. The van der Waals surface area contributed by atoms with Crippen molar-refractivity contribution in [1.82, 2.24) is 4.90 Å². The maximum Gasteiger partial charge on any atom is 0.416 e. The Morgan fingerprint density at radius 2 is 1.72 bits per heavy atom. The second kappa shape index (κ2) is 13.5. The minimum Gasteiger partial charge on any atom is -0.493 e. The third-order valence-corrected chi connectivity index (χ3v) is 5.21. The predicted molar refractivity (Wildman–Crippen MR) is 133 cm³/mol. The van der Waals surface area contributed by atoms with Crippen LogP contribution in [0.2, 0.25) is 0 Å². The molecule has 0 spiro atoms. The van der Waals surface area contributed by atoms with E-state index in [1.54, 1.807) is 5.92 Å². The number of ether oxygens (including phenoxy) is 3. The molecule has 0 saturated carbocycles. The van der Waals surface area contributed by atoms with E-state index in [0.29, 0.717) is 4.90 Å². The number of amides is 3. The number of alkyl halides is 3. The van der Waals surface area contributed by atoms with Gasteiger partial charge in [-0.05, 0) is 29.9 Å². The van der Waals surface area contributed by atoms with Gasteiger partial charge in [-0.15, -0.1) is 12.8 Å². The first-order valence-corrected chi connectivity index (χ1v) is 11.1. The van der Waals surface area contributed by atoms with E-state index in [2.05, 4.69) is 5.32 Å². The first kappa shape index (κ1) is 30.3. The summed E-state index contributed by atoms with van der Waals surface area (Å²) < 4.78 is 55.5. The number of carbonyl (C=O) groups excluding carboxylic acids is 4. The maximum absolute atomic E-state index is 13.3. The van der Waals surface area contributed by atoms with Gasteiger partial charge in [0, 0.05) is 18.7 Å². The minimum absolute atomic E-state index is 0.00419. The summed E-state index contributed by atoms with van der Waals surface area (Å²) in [7, 11) is 2.43. The van der Waals surface area contributed by atoms with Gasteiger partial charge < -0.3 is 19.5 Å². The molecule has 9 nitrogen and oxygen atoms in total. The summed E-state index contributed by atoms with van der Waals surface area (Å²) in [4.78, 5) is 49.4. The van der Waals surface area contributed by atoms with Crippen LogP contribution >= 0.6 is 0 Å². The number of nitrogens with zero attached hydrogens (tertiary/aromatic N) is 1. The van der Waals surface area contributed by atoms with Crippen molar-refractivity contribution in [3.63, 3.8) is 0 Å². The van der Waals surface area contributed by atoms with Crippen LogP contribution in [0, 0.1) is 24.7 Å². The van der Waals surface area contributed by atoms with Crippen molar-refractivity contribution in [3.8, 4) is 36.2 Å². The lowest BCUT2D eigenvalue weighted by atomic mass is 10.0. The van der Waals surface area contributed by atoms with E-state index in [-0.39, 0.29) is 47.9 Å². The summed E-state index contributed by atoms with van der Waals surface area (Å²) in [5.41, 5.74) is -1.40. The van der Waals surface area contributed by atoms with Crippen molar-refractivity contribution in [2.24, 2.45) is 0 Å². The summed E-state index contributed by atoms with van der Waals surface area (Å²) in [5, 5.41) is 2.34. The van der Waals surface area contributed by atoms with Crippen LogP contribution in [0.4, 0.5) is 18.9 Å². The van der Waals surface area contributed by atoms with Gasteiger partial charge in [0.25, 0.3) is 5.91 Å². The van der Waals surface area contributed by atoms with Gasteiger partial charge in [-0.25, -0.2) is 4.79 Å². The molecule has 0 bridgehead atoms. The Morgan fingerprint density at radius 3 is 2.31 bits per heavy atom. The largest absolute Gasteiger partial charge is 0.493 e. The third-order valence-electron chi connectivity index (χ3n) is 5.21. The van der Waals surface area contributed by atoms with E-state index in [1.165, 1.54) is 31.4 Å². The zero-order valence-corrected chi connectivity index (χ0v) is 20.9. The van der Waals surface area contributed by atoms with E-state index >= 15 is 0 Å². The Morgan fingerprint density at radius 1 is 1.03 bits per heavy atom. The molecule has 3 amide bonds. The van der Waals surface area contributed by atoms with E-state index < -0.39 is 41.9 Å². The Hall–Kier alpha value is -4.97. The summed E-state index contributed by atoms with van der Waals surface area (Å²) in [6.07, 6.45) is 4.83. The zero-order chi connectivity index (χ0) is 29.2. The lowest BCUT2D eigenvalue weighted by Crippen LogP contribution is -2.38. The second-order valence-electron chi connectivity index (χ2n) is 7.67. The van der Waals surface area contributed by atoms with Crippen LogP contribution in [-0.4, -0.2) is 56.0 Å². The maximum atomic E-state index is 13.3. The Balaban J connectivity index is 2.18. The van der Waals surface area contributed by atoms with E-state index in [0.717, 1.165) is 19.2 Å². The Kier molecular flexibility index (Phi) is 10.5. The van der Waals surface area contributed by atoms with E-state index in [1.807, 2.05) is 5.92 Å². The number of hydrogen-bond donors (Lipinski definition) is 1. The van der Waals surface area contributed by atoms with Crippen LogP contribution in [0.15, 0.2) is 36.4 Å². The monoisotopic (exact) mass is 544 g/mol. The molecule has 0 radical (unpaired) electrons. The van der Waals surface area contributed by atoms with Crippen LogP contribution in [0.5, 0.6) is 11.5 Å². The highest BCUT2D eigenvalue weighted by Gasteiger charge is 2.34. The van der Waals surface area contributed by atoms with Gasteiger partial charge in [-0.2, -0.15) is 13.2 Å². The van der Waals surface area contributed by atoms with Gasteiger partial charge in [0.05, 0.1) is 44.1 Å². The summed E-state index contributed by atoms with van der Waals surface area (Å²) in [5.74, 6) is 0.209. The number of halogens is 3. The molecular weight excluding hydrogens is 521 g/mol. The standard InChI is InChI=1S/C27H23F3N2O7/c1-5-23(33)31-20-16-21(37-3)22(15-18(20)26(36)38-4)39-13-9-12-32(24(34)6-2)25(35)14-17-10-7-8-11-19(17)27(28,29)30/h1-2,7-8,10-11,15-16H,9,12-14H2,3-4H3,(H,31,33). The predicted octanol–water partition coefficient (Wildman–Crippen LogP) is 3.07. The summed E-state index contributed by atoms with van der Waals surface area (Å²) >= 11 is 0. The van der Waals surface area contributed by atoms with Crippen molar-refractivity contribution < 1.29 is 46.6 Å².